The third kappa shape index (κ3) is 2.62. The molecule has 0 amide bonds. The number of hydrogen-bond acceptors (Lipinski definition) is 2. The third-order valence-electron chi connectivity index (χ3n) is 4.29. The van der Waals surface area contributed by atoms with Crippen LogP contribution < -0.4 is 0 Å². The van der Waals surface area contributed by atoms with Crippen LogP contribution in [0.3, 0.4) is 0 Å². The van der Waals surface area contributed by atoms with Gasteiger partial charge in [-0.25, -0.2) is 8.57 Å². The highest BCUT2D eigenvalue weighted by Gasteiger charge is 2.39. The summed E-state index contributed by atoms with van der Waals surface area (Å²) in [5, 5.41) is 0. The SMILES string of the molecule is C[C@@]1(Cc2ccccc2)CCCN=S1(=O)c1ccccc1. The maximum absolute atomic E-state index is 13.7. The van der Waals surface area contributed by atoms with Gasteiger partial charge in [0, 0.05) is 11.4 Å². The molecule has 3 rings (SSSR count). The highest BCUT2D eigenvalue weighted by atomic mass is 32.2. The molecule has 1 aliphatic heterocycles. The molecular weight excluding hydrogens is 278 g/mol. The van der Waals surface area contributed by atoms with Crippen LogP contribution in [0.5, 0.6) is 0 Å². The van der Waals surface area contributed by atoms with E-state index in [-0.39, 0.29) is 4.75 Å². The molecule has 0 N–H and O–H groups in total. The van der Waals surface area contributed by atoms with Gasteiger partial charge in [-0.3, -0.25) is 0 Å². The van der Waals surface area contributed by atoms with E-state index in [1.165, 1.54) is 5.56 Å². The van der Waals surface area contributed by atoms with Gasteiger partial charge in [-0.05, 0) is 43.9 Å². The van der Waals surface area contributed by atoms with E-state index in [1.54, 1.807) is 0 Å². The van der Waals surface area contributed by atoms with E-state index in [0.29, 0.717) is 6.54 Å². The Kier molecular flexibility index (Phi) is 3.85. The lowest BCUT2D eigenvalue weighted by Crippen LogP contribution is -2.40. The lowest BCUT2D eigenvalue weighted by Gasteiger charge is -2.36. The van der Waals surface area contributed by atoms with Gasteiger partial charge in [0.2, 0.25) is 0 Å². The van der Waals surface area contributed by atoms with Crippen molar-refractivity contribution in [3.05, 3.63) is 66.2 Å². The summed E-state index contributed by atoms with van der Waals surface area (Å²) < 4.78 is 18.0. The van der Waals surface area contributed by atoms with Crippen LogP contribution in [0.15, 0.2) is 69.9 Å². The predicted molar refractivity (Wildman–Crippen MR) is 87.9 cm³/mol. The molecule has 2 aromatic rings. The van der Waals surface area contributed by atoms with Crippen molar-refractivity contribution in [2.24, 2.45) is 4.36 Å². The largest absolute Gasteiger partial charge is 0.244 e. The average Bonchev–Trinajstić information content (AvgIpc) is 2.52. The Balaban J connectivity index is 2.06. The van der Waals surface area contributed by atoms with E-state index in [0.717, 1.165) is 24.2 Å². The van der Waals surface area contributed by atoms with Crippen LogP contribution in [0, 0.1) is 0 Å². The van der Waals surface area contributed by atoms with E-state index >= 15 is 0 Å². The number of nitrogens with zero attached hydrogens (tertiary/aromatic N) is 1. The molecule has 2 atom stereocenters. The lowest BCUT2D eigenvalue weighted by molar-refractivity contribution is 0.509. The van der Waals surface area contributed by atoms with Crippen LogP contribution >= 0.6 is 0 Å². The maximum Gasteiger partial charge on any atom is 0.0810 e. The second-order valence-corrected chi connectivity index (χ2v) is 8.67. The van der Waals surface area contributed by atoms with Crippen molar-refractivity contribution in [1.29, 1.82) is 0 Å². The van der Waals surface area contributed by atoms with Crippen LogP contribution in [-0.2, 0) is 16.1 Å². The first-order valence-corrected chi connectivity index (χ1v) is 8.97. The molecule has 0 saturated heterocycles. The molecule has 21 heavy (non-hydrogen) atoms. The second-order valence-electron chi connectivity index (χ2n) is 5.91. The first-order chi connectivity index (χ1) is 10.1. The number of rotatable bonds is 3. The molecule has 2 nitrogen and oxygen atoms in total. The van der Waals surface area contributed by atoms with Crippen LogP contribution in [0.4, 0.5) is 0 Å². The second kappa shape index (κ2) is 5.64. The van der Waals surface area contributed by atoms with E-state index in [4.69, 9.17) is 0 Å². The highest BCUT2D eigenvalue weighted by Crippen LogP contribution is 2.37. The Bertz CT molecular complexity index is 717. The van der Waals surface area contributed by atoms with Crippen molar-refractivity contribution in [3.8, 4) is 0 Å². The first kappa shape index (κ1) is 14.3. The Labute approximate surface area is 127 Å². The van der Waals surface area contributed by atoms with Gasteiger partial charge in [0.1, 0.15) is 0 Å². The molecule has 0 fully saturated rings. The van der Waals surface area contributed by atoms with Gasteiger partial charge in [0.15, 0.2) is 0 Å². The maximum atomic E-state index is 13.7. The molecule has 1 heterocycles. The summed E-state index contributed by atoms with van der Waals surface area (Å²) in [7, 11) is -2.38. The molecule has 110 valence electrons. The van der Waals surface area contributed by atoms with Crippen molar-refractivity contribution in [3.63, 3.8) is 0 Å². The van der Waals surface area contributed by atoms with Gasteiger partial charge in [-0.15, -0.1) is 0 Å². The zero-order chi connectivity index (χ0) is 14.8. The quantitative estimate of drug-likeness (QED) is 0.830. The minimum Gasteiger partial charge on any atom is -0.244 e. The number of benzene rings is 2. The van der Waals surface area contributed by atoms with Gasteiger partial charge in [-0.1, -0.05) is 48.5 Å². The van der Waals surface area contributed by atoms with Crippen molar-refractivity contribution >= 4 is 9.73 Å². The molecule has 0 bridgehead atoms. The molecule has 3 heteroatoms. The van der Waals surface area contributed by atoms with Crippen LogP contribution in [0.2, 0.25) is 0 Å². The molecule has 1 unspecified atom stereocenters. The summed E-state index contributed by atoms with van der Waals surface area (Å²) in [5.74, 6) is 0. The van der Waals surface area contributed by atoms with Crippen molar-refractivity contribution in [2.45, 2.75) is 35.8 Å². The van der Waals surface area contributed by atoms with E-state index in [9.17, 15) is 4.21 Å². The fraction of sp³-hybridized carbons (Fsp3) is 0.333. The molecule has 0 spiro atoms. The zero-order valence-electron chi connectivity index (χ0n) is 12.4. The highest BCUT2D eigenvalue weighted by molar-refractivity contribution is 7.95. The smallest absolute Gasteiger partial charge is 0.0810 e. The minimum atomic E-state index is -2.38. The summed E-state index contributed by atoms with van der Waals surface area (Å²) in [6.45, 7) is 2.84. The Morgan fingerprint density at radius 3 is 2.33 bits per heavy atom. The minimum absolute atomic E-state index is 0.298. The summed E-state index contributed by atoms with van der Waals surface area (Å²) in [6.07, 6.45) is 2.79. The van der Waals surface area contributed by atoms with Gasteiger partial charge in [0.25, 0.3) is 0 Å². The summed E-state index contributed by atoms with van der Waals surface area (Å²) >= 11 is 0. The van der Waals surface area contributed by atoms with Gasteiger partial charge in [0.05, 0.1) is 14.5 Å². The van der Waals surface area contributed by atoms with Crippen molar-refractivity contribution < 1.29 is 4.21 Å². The summed E-state index contributed by atoms with van der Waals surface area (Å²) in [4.78, 5) is 0.878. The monoisotopic (exact) mass is 299 g/mol. The third-order valence-corrected chi connectivity index (χ3v) is 7.43. The summed E-state index contributed by atoms with van der Waals surface area (Å²) in [6, 6.07) is 20.1. The standard InChI is InChI=1S/C18H21NOS/c1-18(15-16-9-4-2-5-10-16)13-8-14-19-21(18,20)17-11-6-3-7-12-17/h2-7,9-12H,8,13-15H2,1H3/t18-,21?/m0/s1. The fourth-order valence-corrected chi connectivity index (χ4v) is 5.84. The van der Waals surface area contributed by atoms with Crippen LogP contribution in [0.25, 0.3) is 0 Å². The van der Waals surface area contributed by atoms with Gasteiger partial charge in [-0.2, -0.15) is 0 Å². The fourth-order valence-electron chi connectivity index (χ4n) is 3.12. The molecule has 0 saturated carbocycles. The van der Waals surface area contributed by atoms with Crippen molar-refractivity contribution in [2.75, 3.05) is 6.54 Å². The first-order valence-electron chi connectivity index (χ1n) is 7.46. The molecule has 0 radical (unpaired) electrons. The van der Waals surface area contributed by atoms with Crippen LogP contribution in [0.1, 0.15) is 25.3 Å². The van der Waals surface area contributed by atoms with Crippen molar-refractivity contribution in [1.82, 2.24) is 0 Å². The number of hydrogen-bond donors (Lipinski definition) is 0. The van der Waals surface area contributed by atoms with Gasteiger partial charge >= 0.3 is 0 Å². The Morgan fingerprint density at radius 1 is 1.05 bits per heavy atom. The van der Waals surface area contributed by atoms with E-state index in [1.807, 2.05) is 48.5 Å². The Morgan fingerprint density at radius 2 is 1.67 bits per heavy atom. The summed E-state index contributed by atoms with van der Waals surface area (Å²) in [5.41, 5.74) is 1.24. The zero-order valence-corrected chi connectivity index (χ0v) is 13.2. The molecule has 1 aliphatic rings. The average molecular weight is 299 g/mol. The van der Waals surface area contributed by atoms with E-state index in [2.05, 4.69) is 23.4 Å². The van der Waals surface area contributed by atoms with Gasteiger partial charge < -0.3 is 0 Å². The molecule has 2 aromatic carbocycles. The lowest BCUT2D eigenvalue weighted by atomic mass is 9.95. The molecule has 0 aromatic heterocycles. The normalized spacial score (nSPS) is 28.8. The molecular formula is C18H21NOS. The van der Waals surface area contributed by atoms with E-state index < -0.39 is 9.73 Å². The molecule has 0 aliphatic carbocycles. The Hall–Kier alpha value is -1.61. The topological polar surface area (TPSA) is 29.4 Å². The van der Waals surface area contributed by atoms with Crippen LogP contribution in [-0.4, -0.2) is 15.5 Å². The predicted octanol–water partition coefficient (Wildman–Crippen LogP) is 4.31.